The van der Waals surface area contributed by atoms with Crippen LogP contribution >= 0.6 is 15.9 Å². The van der Waals surface area contributed by atoms with Crippen molar-refractivity contribution in [2.24, 2.45) is 0 Å². The van der Waals surface area contributed by atoms with E-state index in [4.69, 9.17) is 4.74 Å². The Hall–Kier alpha value is -2.38. The van der Waals surface area contributed by atoms with Gasteiger partial charge in [-0.05, 0) is 66.2 Å². The number of anilines is 2. The topological polar surface area (TPSA) is 70.7 Å². The first-order valence-electron chi connectivity index (χ1n) is 9.09. The van der Waals surface area contributed by atoms with Crippen LogP contribution in [0.15, 0.2) is 46.9 Å². The van der Waals surface area contributed by atoms with E-state index >= 15 is 0 Å². The van der Waals surface area contributed by atoms with Crippen molar-refractivity contribution in [1.82, 2.24) is 4.90 Å². The van der Waals surface area contributed by atoms with Crippen LogP contribution in [-0.4, -0.2) is 43.0 Å². The number of aryl methyl sites for hydroxylation is 1. The molecule has 0 radical (unpaired) electrons. The van der Waals surface area contributed by atoms with Crippen LogP contribution in [0.4, 0.5) is 11.4 Å². The van der Waals surface area contributed by atoms with Gasteiger partial charge in [-0.25, -0.2) is 0 Å². The third kappa shape index (κ3) is 5.81. The van der Waals surface area contributed by atoms with Gasteiger partial charge in [-0.2, -0.15) is 0 Å². The van der Waals surface area contributed by atoms with Gasteiger partial charge in [-0.15, -0.1) is 0 Å². The summed E-state index contributed by atoms with van der Waals surface area (Å²) in [5, 5.41) is 5.75. The second kappa shape index (κ2) is 10.2. The van der Waals surface area contributed by atoms with Crippen molar-refractivity contribution >= 4 is 39.1 Å². The first kappa shape index (κ1) is 21.9. The molecule has 1 atom stereocenters. The Balaban J connectivity index is 2.00. The van der Waals surface area contributed by atoms with Crippen LogP contribution in [0.5, 0.6) is 5.75 Å². The average Bonchev–Trinajstić information content (AvgIpc) is 2.68. The first-order chi connectivity index (χ1) is 13.3. The van der Waals surface area contributed by atoms with E-state index in [1.54, 1.807) is 26.2 Å². The van der Waals surface area contributed by atoms with Crippen molar-refractivity contribution in [3.05, 3.63) is 52.5 Å². The minimum atomic E-state index is -0.471. The molecule has 2 N–H and O–H groups in total. The lowest BCUT2D eigenvalue weighted by Crippen LogP contribution is -2.45. The van der Waals surface area contributed by atoms with Gasteiger partial charge in [0.1, 0.15) is 5.75 Å². The Bertz CT molecular complexity index is 841. The van der Waals surface area contributed by atoms with E-state index in [0.29, 0.717) is 23.7 Å². The zero-order valence-corrected chi connectivity index (χ0v) is 18.2. The van der Waals surface area contributed by atoms with Crippen LogP contribution in [0.25, 0.3) is 0 Å². The number of rotatable bonds is 8. The van der Waals surface area contributed by atoms with Crippen LogP contribution in [0.3, 0.4) is 0 Å². The summed E-state index contributed by atoms with van der Waals surface area (Å²) in [6.07, 6.45) is 0. The molecule has 2 aromatic carbocycles. The van der Waals surface area contributed by atoms with Crippen molar-refractivity contribution in [1.29, 1.82) is 0 Å². The van der Waals surface area contributed by atoms with Gasteiger partial charge in [0.2, 0.25) is 11.8 Å². The molecule has 0 spiro atoms. The standard InChI is InChI=1S/C21H26BrN3O3/c1-5-25(13-20(26)23-18-8-6-7-9-19(18)28-4)15(3)21(27)24-17-11-10-14(2)12-16(17)22/h6-12,15H,5,13H2,1-4H3,(H,23,26)(H,24,27). The lowest BCUT2D eigenvalue weighted by molar-refractivity contribution is -0.123. The summed E-state index contributed by atoms with van der Waals surface area (Å²) in [5.74, 6) is 0.216. The van der Waals surface area contributed by atoms with E-state index in [9.17, 15) is 9.59 Å². The number of carbonyl (C=O) groups excluding carboxylic acids is 2. The molecule has 0 saturated heterocycles. The molecule has 2 rings (SSSR count). The first-order valence-corrected chi connectivity index (χ1v) is 9.89. The lowest BCUT2D eigenvalue weighted by atomic mass is 10.2. The van der Waals surface area contributed by atoms with Gasteiger partial charge in [0.15, 0.2) is 0 Å². The molecule has 0 bridgehead atoms. The Labute approximate surface area is 174 Å². The highest BCUT2D eigenvalue weighted by Gasteiger charge is 2.23. The molecule has 0 aliphatic rings. The van der Waals surface area contributed by atoms with Crippen molar-refractivity contribution in [3.63, 3.8) is 0 Å². The lowest BCUT2D eigenvalue weighted by Gasteiger charge is -2.26. The number of hydrogen-bond acceptors (Lipinski definition) is 4. The van der Waals surface area contributed by atoms with E-state index in [-0.39, 0.29) is 18.4 Å². The van der Waals surface area contributed by atoms with Gasteiger partial charge in [-0.3, -0.25) is 14.5 Å². The average molecular weight is 448 g/mol. The van der Waals surface area contributed by atoms with E-state index < -0.39 is 6.04 Å². The number of halogens is 1. The molecule has 2 amide bonds. The fourth-order valence-electron chi connectivity index (χ4n) is 2.77. The summed E-state index contributed by atoms with van der Waals surface area (Å²) in [6.45, 7) is 6.35. The number of benzene rings is 2. The van der Waals surface area contributed by atoms with Gasteiger partial charge in [-0.1, -0.05) is 25.1 Å². The van der Waals surface area contributed by atoms with Gasteiger partial charge in [0.25, 0.3) is 0 Å². The van der Waals surface area contributed by atoms with Crippen LogP contribution in [0.2, 0.25) is 0 Å². The number of likely N-dealkylation sites (N-methyl/N-ethyl adjacent to an activating group) is 1. The van der Waals surface area contributed by atoms with Crippen LogP contribution in [0.1, 0.15) is 19.4 Å². The molecule has 0 heterocycles. The molecule has 150 valence electrons. The SMILES string of the molecule is CCN(CC(=O)Nc1ccccc1OC)C(C)C(=O)Nc1ccc(C)cc1Br. The van der Waals surface area contributed by atoms with Crippen molar-refractivity contribution < 1.29 is 14.3 Å². The van der Waals surface area contributed by atoms with Crippen LogP contribution in [0, 0.1) is 6.92 Å². The fraction of sp³-hybridized carbons (Fsp3) is 0.333. The summed E-state index contributed by atoms with van der Waals surface area (Å²) in [4.78, 5) is 27.0. The number of ether oxygens (including phenoxy) is 1. The number of hydrogen-bond donors (Lipinski definition) is 2. The Morgan fingerprint density at radius 3 is 2.50 bits per heavy atom. The van der Waals surface area contributed by atoms with Gasteiger partial charge < -0.3 is 15.4 Å². The zero-order valence-electron chi connectivity index (χ0n) is 16.6. The Kier molecular flexibility index (Phi) is 8.02. The smallest absolute Gasteiger partial charge is 0.241 e. The molecule has 7 heteroatoms. The predicted octanol–water partition coefficient (Wildman–Crippen LogP) is 4.05. The maximum atomic E-state index is 12.7. The van der Waals surface area contributed by atoms with Gasteiger partial charge in [0.05, 0.1) is 31.1 Å². The van der Waals surface area contributed by atoms with Crippen molar-refractivity contribution in [3.8, 4) is 5.75 Å². The van der Waals surface area contributed by atoms with Crippen molar-refractivity contribution in [2.45, 2.75) is 26.8 Å². The minimum Gasteiger partial charge on any atom is -0.495 e. The molecule has 0 aliphatic heterocycles. The van der Waals surface area contributed by atoms with E-state index in [2.05, 4.69) is 26.6 Å². The number of amides is 2. The molecule has 0 saturated carbocycles. The molecule has 1 unspecified atom stereocenters. The van der Waals surface area contributed by atoms with Gasteiger partial charge in [0, 0.05) is 4.47 Å². The Morgan fingerprint density at radius 2 is 1.86 bits per heavy atom. The van der Waals surface area contributed by atoms with Crippen molar-refractivity contribution in [2.75, 3.05) is 30.8 Å². The number of methoxy groups -OCH3 is 1. The molecule has 0 aliphatic carbocycles. The summed E-state index contributed by atoms with van der Waals surface area (Å²) in [7, 11) is 1.55. The Morgan fingerprint density at radius 1 is 1.14 bits per heavy atom. The van der Waals surface area contributed by atoms with E-state index in [0.717, 1.165) is 10.0 Å². The molecule has 0 aromatic heterocycles. The summed E-state index contributed by atoms with van der Waals surface area (Å²) < 4.78 is 6.08. The third-order valence-corrected chi connectivity index (χ3v) is 5.10. The quantitative estimate of drug-likeness (QED) is 0.639. The molecular formula is C21H26BrN3O3. The third-order valence-electron chi connectivity index (χ3n) is 4.44. The summed E-state index contributed by atoms with van der Waals surface area (Å²) in [5.41, 5.74) is 2.41. The fourth-order valence-corrected chi connectivity index (χ4v) is 3.36. The van der Waals surface area contributed by atoms with E-state index in [1.807, 2.05) is 49.1 Å². The highest BCUT2D eigenvalue weighted by molar-refractivity contribution is 9.10. The molecular weight excluding hydrogens is 422 g/mol. The van der Waals surface area contributed by atoms with Gasteiger partial charge >= 0.3 is 0 Å². The normalized spacial score (nSPS) is 11.8. The monoisotopic (exact) mass is 447 g/mol. The predicted molar refractivity (Wildman–Crippen MR) is 116 cm³/mol. The van der Waals surface area contributed by atoms with Crippen LogP contribution < -0.4 is 15.4 Å². The minimum absolute atomic E-state index is 0.0954. The van der Waals surface area contributed by atoms with Crippen LogP contribution in [-0.2, 0) is 9.59 Å². The second-order valence-corrected chi connectivity index (χ2v) is 7.31. The van der Waals surface area contributed by atoms with E-state index in [1.165, 1.54) is 0 Å². The summed E-state index contributed by atoms with van der Waals surface area (Å²) >= 11 is 3.47. The molecule has 28 heavy (non-hydrogen) atoms. The number of carbonyl (C=O) groups is 2. The maximum absolute atomic E-state index is 12.7. The number of nitrogens with one attached hydrogen (secondary N) is 2. The highest BCUT2D eigenvalue weighted by atomic mass is 79.9. The second-order valence-electron chi connectivity index (χ2n) is 6.46. The number of para-hydroxylation sites is 2. The molecule has 6 nitrogen and oxygen atoms in total. The molecule has 2 aromatic rings. The zero-order chi connectivity index (χ0) is 20.7. The molecule has 0 fully saturated rings. The summed E-state index contributed by atoms with van der Waals surface area (Å²) in [6, 6.07) is 12.5. The number of nitrogens with zero attached hydrogens (tertiary/aromatic N) is 1. The highest BCUT2D eigenvalue weighted by Crippen LogP contribution is 2.24. The largest absolute Gasteiger partial charge is 0.495 e. The maximum Gasteiger partial charge on any atom is 0.241 e.